The van der Waals surface area contributed by atoms with Crippen LogP contribution in [0.2, 0.25) is 0 Å². The lowest BCUT2D eigenvalue weighted by Crippen LogP contribution is -2.52. The van der Waals surface area contributed by atoms with Gasteiger partial charge in [-0.25, -0.2) is 0 Å². The van der Waals surface area contributed by atoms with Crippen LogP contribution in [0.3, 0.4) is 0 Å². The molecule has 0 amide bonds. The highest BCUT2D eigenvalue weighted by Crippen LogP contribution is 2.34. The molecule has 0 radical (unpaired) electrons. The molecule has 1 fully saturated rings. The van der Waals surface area contributed by atoms with Gasteiger partial charge in [0.05, 0.1) is 0 Å². The second-order valence-electron chi connectivity index (χ2n) is 7.80. The smallest absolute Gasteiger partial charge is 0.323 e. The number of nitrogens with zero attached hydrogens (tertiary/aromatic N) is 1. The fourth-order valence-electron chi connectivity index (χ4n) is 3.08. The molecule has 124 valence electrons. The quantitative estimate of drug-likeness (QED) is 0.759. The van der Waals surface area contributed by atoms with Crippen LogP contribution in [0, 0.1) is 11.3 Å². The summed E-state index contributed by atoms with van der Waals surface area (Å²) in [7, 11) is 0. The van der Waals surface area contributed by atoms with Crippen molar-refractivity contribution >= 4 is 5.97 Å². The van der Waals surface area contributed by atoms with Gasteiger partial charge in [0, 0.05) is 6.54 Å². The highest BCUT2D eigenvalue weighted by Gasteiger charge is 2.34. The fourth-order valence-corrected chi connectivity index (χ4v) is 3.08. The van der Waals surface area contributed by atoms with Gasteiger partial charge in [-0.2, -0.15) is 0 Å². The number of aliphatic carboxylic acids is 1. The van der Waals surface area contributed by atoms with Crippen LogP contribution in [0.15, 0.2) is 0 Å². The van der Waals surface area contributed by atoms with E-state index in [2.05, 4.69) is 37.9 Å². The van der Waals surface area contributed by atoms with Gasteiger partial charge in [-0.3, -0.25) is 4.79 Å². The zero-order valence-electron chi connectivity index (χ0n) is 14.5. The molecule has 0 aliphatic carbocycles. The Morgan fingerprint density at radius 3 is 2.24 bits per heavy atom. The third-order valence-electron chi connectivity index (χ3n) is 4.98. The van der Waals surface area contributed by atoms with Crippen molar-refractivity contribution in [1.29, 1.82) is 0 Å². The molecule has 1 aliphatic rings. The largest absolute Gasteiger partial charge is 0.480 e. The lowest BCUT2D eigenvalue weighted by Gasteiger charge is -2.39. The topological polar surface area (TPSA) is 52.6 Å². The number of nitrogens with one attached hydrogen (secondary N) is 1. The summed E-state index contributed by atoms with van der Waals surface area (Å²) in [4.78, 5) is 13.9. The number of rotatable bonds is 7. The van der Waals surface area contributed by atoms with Crippen molar-refractivity contribution in [2.45, 2.75) is 65.8 Å². The van der Waals surface area contributed by atoms with E-state index in [4.69, 9.17) is 0 Å². The number of carboxylic acids is 1. The van der Waals surface area contributed by atoms with Crippen molar-refractivity contribution in [1.82, 2.24) is 10.2 Å². The average Bonchev–Trinajstić information content (AvgIpc) is 2.42. The normalized spacial score (nSPS) is 21.2. The summed E-state index contributed by atoms with van der Waals surface area (Å²) < 4.78 is 0. The summed E-state index contributed by atoms with van der Waals surface area (Å²) in [6, 6.07) is 0. The average molecular weight is 298 g/mol. The molecular weight excluding hydrogens is 264 g/mol. The summed E-state index contributed by atoms with van der Waals surface area (Å²) in [5.74, 6) is 0.0540. The van der Waals surface area contributed by atoms with Crippen LogP contribution in [0.5, 0.6) is 0 Å². The standard InChI is InChI=1S/C17H34N2O2/c1-6-10-18-17(5,15(20)21)9-13-19-11-7-14(8-12-19)16(2,3)4/h14,18H,6-13H2,1-5H3,(H,20,21). The van der Waals surface area contributed by atoms with Crippen LogP contribution >= 0.6 is 0 Å². The first-order valence-corrected chi connectivity index (χ1v) is 8.40. The number of piperidine rings is 1. The first-order chi connectivity index (χ1) is 9.69. The molecule has 21 heavy (non-hydrogen) atoms. The molecule has 0 aromatic heterocycles. The van der Waals surface area contributed by atoms with Crippen molar-refractivity contribution in [2.24, 2.45) is 11.3 Å². The zero-order chi connectivity index (χ0) is 16.1. The van der Waals surface area contributed by atoms with Gasteiger partial charge in [0.25, 0.3) is 0 Å². The summed E-state index contributed by atoms with van der Waals surface area (Å²) in [6.07, 6.45) is 4.09. The predicted molar refractivity (Wildman–Crippen MR) is 87.6 cm³/mol. The highest BCUT2D eigenvalue weighted by molar-refractivity contribution is 5.78. The van der Waals surface area contributed by atoms with E-state index < -0.39 is 11.5 Å². The molecule has 2 N–H and O–H groups in total. The van der Waals surface area contributed by atoms with Crippen molar-refractivity contribution < 1.29 is 9.90 Å². The third kappa shape index (κ3) is 5.59. The zero-order valence-corrected chi connectivity index (χ0v) is 14.5. The van der Waals surface area contributed by atoms with Crippen LogP contribution in [0.25, 0.3) is 0 Å². The van der Waals surface area contributed by atoms with Crippen molar-refractivity contribution in [3.63, 3.8) is 0 Å². The SMILES string of the molecule is CCCNC(C)(CCN1CCC(C(C)(C)C)CC1)C(=O)O. The van der Waals surface area contributed by atoms with Gasteiger partial charge in [-0.05, 0) is 63.6 Å². The van der Waals surface area contributed by atoms with E-state index in [-0.39, 0.29) is 0 Å². The minimum atomic E-state index is -0.795. The van der Waals surface area contributed by atoms with E-state index in [1.54, 1.807) is 0 Å². The van der Waals surface area contributed by atoms with E-state index in [0.29, 0.717) is 11.8 Å². The Morgan fingerprint density at radius 2 is 1.81 bits per heavy atom. The van der Waals surface area contributed by atoms with Gasteiger partial charge in [0.1, 0.15) is 5.54 Å². The van der Waals surface area contributed by atoms with E-state index in [0.717, 1.165) is 38.5 Å². The maximum absolute atomic E-state index is 11.5. The second kappa shape index (κ2) is 7.59. The second-order valence-corrected chi connectivity index (χ2v) is 7.80. The third-order valence-corrected chi connectivity index (χ3v) is 4.98. The minimum Gasteiger partial charge on any atom is -0.480 e. The molecule has 1 atom stereocenters. The molecule has 1 aliphatic heterocycles. The molecule has 1 heterocycles. The van der Waals surface area contributed by atoms with Gasteiger partial charge in [-0.15, -0.1) is 0 Å². The lowest BCUT2D eigenvalue weighted by atomic mass is 9.75. The number of likely N-dealkylation sites (tertiary alicyclic amines) is 1. The number of hydrogen-bond acceptors (Lipinski definition) is 3. The molecule has 4 nitrogen and oxygen atoms in total. The molecule has 0 spiro atoms. The number of hydrogen-bond donors (Lipinski definition) is 2. The van der Waals surface area contributed by atoms with E-state index in [9.17, 15) is 9.90 Å². The number of carbonyl (C=O) groups is 1. The van der Waals surface area contributed by atoms with Gasteiger partial charge in [0.2, 0.25) is 0 Å². The summed E-state index contributed by atoms with van der Waals surface area (Å²) in [5, 5.41) is 12.6. The Hall–Kier alpha value is -0.610. The molecule has 0 bridgehead atoms. The van der Waals surface area contributed by atoms with Crippen molar-refractivity contribution in [2.75, 3.05) is 26.2 Å². The number of carboxylic acid groups (broad SMARTS) is 1. The molecule has 4 heteroatoms. The van der Waals surface area contributed by atoms with E-state index in [1.165, 1.54) is 12.8 Å². The summed E-state index contributed by atoms with van der Waals surface area (Å²) in [6.45, 7) is 14.7. The monoisotopic (exact) mass is 298 g/mol. The van der Waals surface area contributed by atoms with Gasteiger partial charge < -0.3 is 15.3 Å². The van der Waals surface area contributed by atoms with Crippen LogP contribution < -0.4 is 5.32 Å². The first-order valence-electron chi connectivity index (χ1n) is 8.40. The molecular formula is C17H34N2O2. The first kappa shape index (κ1) is 18.4. The predicted octanol–water partition coefficient (Wildman–Crippen LogP) is 2.98. The summed E-state index contributed by atoms with van der Waals surface area (Å²) >= 11 is 0. The molecule has 0 saturated carbocycles. The molecule has 1 rings (SSSR count). The Morgan fingerprint density at radius 1 is 1.24 bits per heavy atom. The molecule has 0 aromatic rings. The van der Waals surface area contributed by atoms with E-state index in [1.807, 2.05) is 6.92 Å². The van der Waals surface area contributed by atoms with Crippen LogP contribution in [-0.2, 0) is 4.79 Å². The highest BCUT2D eigenvalue weighted by atomic mass is 16.4. The Bertz CT molecular complexity index is 330. The Balaban J connectivity index is 2.43. The van der Waals surface area contributed by atoms with Gasteiger partial charge in [0.15, 0.2) is 0 Å². The Kier molecular flexibility index (Phi) is 6.67. The minimum absolute atomic E-state index is 0.393. The Labute approximate surface area is 130 Å². The maximum Gasteiger partial charge on any atom is 0.323 e. The fraction of sp³-hybridized carbons (Fsp3) is 0.941. The van der Waals surface area contributed by atoms with Crippen molar-refractivity contribution in [3.8, 4) is 0 Å². The van der Waals surface area contributed by atoms with Crippen LogP contribution in [0.4, 0.5) is 0 Å². The van der Waals surface area contributed by atoms with E-state index >= 15 is 0 Å². The molecule has 1 saturated heterocycles. The van der Waals surface area contributed by atoms with Gasteiger partial charge >= 0.3 is 5.97 Å². The molecule has 0 aromatic carbocycles. The van der Waals surface area contributed by atoms with Crippen molar-refractivity contribution in [3.05, 3.63) is 0 Å². The maximum atomic E-state index is 11.5. The van der Waals surface area contributed by atoms with Gasteiger partial charge in [-0.1, -0.05) is 27.7 Å². The molecule has 1 unspecified atom stereocenters. The lowest BCUT2D eigenvalue weighted by molar-refractivity contribution is -0.144. The van der Waals surface area contributed by atoms with Crippen LogP contribution in [-0.4, -0.2) is 47.7 Å². The van der Waals surface area contributed by atoms with Crippen LogP contribution in [0.1, 0.15) is 60.3 Å². The summed E-state index contributed by atoms with van der Waals surface area (Å²) in [5.41, 5.74) is -0.402.